The van der Waals surface area contributed by atoms with Crippen LogP contribution in [-0.4, -0.2) is 8.42 Å². The number of nitrogens with one attached hydrogen (secondary N) is 1. The average molecular weight is 369 g/mol. The topological polar surface area (TPSA) is 72.2 Å². The number of anilines is 1. The Kier molecular flexibility index (Phi) is 4.70. The van der Waals surface area contributed by atoms with Crippen molar-refractivity contribution >= 4 is 31.6 Å². The van der Waals surface area contributed by atoms with Crippen molar-refractivity contribution in [2.75, 3.05) is 5.32 Å². The summed E-state index contributed by atoms with van der Waals surface area (Å²) in [5, 5.41) is 8.55. The Balaban J connectivity index is 2.30. The van der Waals surface area contributed by atoms with Crippen LogP contribution in [0, 0.1) is 6.92 Å². The van der Waals surface area contributed by atoms with Crippen LogP contribution < -0.4 is 10.5 Å². The summed E-state index contributed by atoms with van der Waals surface area (Å²) in [6.07, 6.45) is 0. The zero-order valence-electron chi connectivity index (χ0n) is 11.8. The Morgan fingerprint density at radius 3 is 2.33 bits per heavy atom. The fraction of sp³-hybridized carbons (Fsp3) is 0.200. The van der Waals surface area contributed by atoms with Crippen LogP contribution in [0.25, 0.3) is 0 Å². The van der Waals surface area contributed by atoms with Crippen molar-refractivity contribution in [2.45, 2.75) is 24.8 Å². The summed E-state index contributed by atoms with van der Waals surface area (Å²) in [5.74, 6) is 0. The number of nitrogens with two attached hydrogens (primary N) is 1. The van der Waals surface area contributed by atoms with Crippen molar-refractivity contribution in [1.82, 2.24) is 0 Å². The quantitative estimate of drug-likeness (QED) is 0.865. The van der Waals surface area contributed by atoms with Gasteiger partial charge in [-0.2, -0.15) is 0 Å². The maximum absolute atomic E-state index is 11.5. The molecule has 0 aliphatic carbocycles. The summed E-state index contributed by atoms with van der Waals surface area (Å²) >= 11 is 3.40. The average Bonchev–Trinajstić information content (AvgIpc) is 2.40. The van der Waals surface area contributed by atoms with Gasteiger partial charge in [-0.3, -0.25) is 0 Å². The van der Waals surface area contributed by atoms with Gasteiger partial charge in [-0.25, -0.2) is 13.6 Å². The summed E-state index contributed by atoms with van der Waals surface area (Å²) in [5.41, 5.74) is 2.50. The molecule has 2 aromatic rings. The van der Waals surface area contributed by atoms with E-state index in [4.69, 9.17) is 5.14 Å². The first-order chi connectivity index (χ1) is 9.79. The van der Waals surface area contributed by atoms with Crippen molar-refractivity contribution in [3.8, 4) is 0 Å². The van der Waals surface area contributed by atoms with Gasteiger partial charge < -0.3 is 5.32 Å². The third-order valence-electron chi connectivity index (χ3n) is 3.33. The molecule has 2 aromatic carbocycles. The van der Waals surface area contributed by atoms with Gasteiger partial charge in [0.1, 0.15) is 0 Å². The largest absolute Gasteiger partial charge is 0.378 e. The van der Waals surface area contributed by atoms with E-state index in [2.05, 4.69) is 21.2 Å². The lowest BCUT2D eigenvalue weighted by Gasteiger charge is -2.18. The molecule has 0 bridgehead atoms. The third-order valence-corrected chi connectivity index (χ3v) is 4.92. The molecule has 1 atom stereocenters. The molecule has 112 valence electrons. The standard InChI is InChI=1S/C15H17BrN2O2S/c1-10-14(4-3-5-15(10)21(17,19)20)18-11(2)12-6-8-13(16)9-7-12/h3-9,11,18H,1-2H3,(H2,17,19,20). The van der Waals surface area contributed by atoms with Crippen molar-refractivity contribution in [3.63, 3.8) is 0 Å². The maximum Gasteiger partial charge on any atom is 0.238 e. The molecular weight excluding hydrogens is 352 g/mol. The zero-order chi connectivity index (χ0) is 15.6. The third kappa shape index (κ3) is 3.84. The SMILES string of the molecule is Cc1c(NC(C)c2ccc(Br)cc2)cccc1S(N)(=O)=O. The van der Waals surface area contributed by atoms with Gasteiger partial charge in [-0.05, 0) is 49.2 Å². The van der Waals surface area contributed by atoms with Crippen LogP contribution in [0.4, 0.5) is 5.69 Å². The van der Waals surface area contributed by atoms with Crippen molar-refractivity contribution in [2.24, 2.45) is 5.14 Å². The fourth-order valence-corrected chi connectivity index (χ4v) is 3.22. The van der Waals surface area contributed by atoms with Gasteiger partial charge in [0.05, 0.1) is 4.90 Å². The normalized spacial score (nSPS) is 13.0. The van der Waals surface area contributed by atoms with Crippen LogP contribution in [0.2, 0.25) is 0 Å². The summed E-state index contributed by atoms with van der Waals surface area (Å²) < 4.78 is 24.1. The maximum atomic E-state index is 11.5. The summed E-state index contributed by atoms with van der Waals surface area (Å²) in [4.78, 5) is 0.149. The Hall–Kier alpha value is -1.37. The van der Waals surface area contributed by atoms with Gasteiger partial charge in [-0.15, -0.1) is 0 Å². The molecule has 0 spiro atoms. The van der Waals surface area contributed by atoms with E-state index in [1.165, 1.54) is 6.07 Å². The van der Waals surface area contributed by atoms with Gasteiger partial charge in [0, 0.05) is 16.2 Å². The number of hydrogen-bond acceptors (Lipinski definition) is 3. The molecule has 3 N–H and O–H groups in total. The molecule has 0 amide bonds. The van der Waals surface area contributed by atoms with E-state index < -0.39 is 10.0 Å². The molecular formula is C15H17BrN2O2S. The fourth-order valence-electron chi connectivity index (χ4n) is 2.15. The van der Waals surface area contributed by atoms with Gasteiger partial charge in [0.2, 0.25) is 10.0 Å². The van der Waals surface area contributed by atoms with Crippen LogP contribution in [0.1, 0.15) is 24.1 Å². The molecule has 0 aliphatic heterocycles. The van der Waals surface area contributed by atoms with E-state index in [-0.39, 0.29) is 10.9 Å². The predicted molar refractivity (Wildman–Crippen MR) is 88.7 cm³/mol. The Bertz CT molecular complexity index is 743. The van der Waals surface area contributed by atoms with E-state index in [9.17, 15) is 8.42 Å². The van der Waals surface area contributed by atoms with Crippen molar-refractivity contribution < 1.29 is 8.42 Å². The number of rotatable bonds is 4. The molecule has 6 heteroatoms. The number of primary sulfonamides is 1. The van der Waals surface area contributed by atoms with Crippen molar-refractivity contribution in [3.05, 3.63) is 58.1 Å². The van der Waals surface area contributed by atoms with Gasteiger partial charge >= 0.3 is 0 Å². The zero-order valence-corrected chi connectivity index (χ0v) is 14.2. The predicted octanol–water partition coefficient (Wildman–Crippen LogP) is 3.58. The Morgan fingerprint density at radius 1 is 1.14 bits per heavy atom. The molecule has 21 heavy (non-hydrogen) atoms. The van der Waals surface area contributed by atoms with Crippen LogP contribution in [0.5, 0.6) is 0 Å². The number of benzene rings is 2. The van der Waals surface area contributed by atoms with Crippen LogP contribution in [-0.2, 0) is 10.0 Å². The smallest absolute Gasteiger partial charge is 0.238 e. The molecule has 2 rings (SSSR count). The first kappa shape index (κ1) is 16.0. The molecule has 0 radical (unpaired) electrons. The molecule has 0 saturated heterocycles. The van der Waals surface area contributed by atoms with Gasteiger partial charge in [-0.1, -0.05) is 34.1 Å². The second kappa shape index (κ2) is 6.17. The number of sulfonamides is 1. The lowest BCUT2D eigenvalue weighted by molar-refractivity contribution is 0.597. The molecule has 0 aromatic heterocycles. The molecule has 0 saturated carbocycles. The summed E-state index contributed by atoms with van der Waals surface area (Å²) in [7, 11) is -3.71. The molecule has 4 nitrogen and oxygen atoms in total. The number of halogens is 1. The first-order valence-corrected chi connectivity index (χ1v) is 8.77. The van der Waals surface area contributed by atoms with Gasteiger partial charge in [0.15, 0.2) is 0 Å². The highest BCUT2D eigenvalue weighted by Gasteiger charge is 2.15. The molecule has 0 fully saturated rings. The highest BCUT2D eigenvalue weighted by Crippen LogP contribution is 2.26. The molecule has 0 heterocycles. The van der Waals surface area contributed by atoms with Gasteiger partial charge in [0.25, 0.3) is 0 Å². The van der Waals surface area contributed by atoms with E-state index in [0.29, 0.717) is 5.56 Å². The Morgan fingerprint density at radius 2 is 1.76 bits per heavy atom. The molecule has 0 aliphatic rings. The monoisotopic (exact) mass is 368 g/mol. The minimum Gasteiger partial charge on any atom is -0.378 e. The van der Waals surface area contributed by atoms with E-state index >= 15 is 0 Å². The minimum absolute atomic E-state index is 0.0486. The van der Waals surface area contributed by atoms with E-state index in [1.807, 2.05) is 37.3 Å². The van der Waals surface area contributed by atoms with Crippen molar-refractivity contribution in [1.29, 1.82) is 0 Å². The summed E-state index contributed by atoms with van der Waals surface area (Å²) in [6, 6.07) is 13.1. The highest BCUT2D eigenvalue weighted by molar-refractivity contribution is 9.10. The van der Waals surface area contributed by atoms with E-state index in [0.717, 1.165) is 15.7 Å². The first-order valence-electron chi connectivity index (χ1n) is 6.43. The summed E-state index contributed by atoms with van der Waals surface area (Å²) in [6.45, 7) is 3.77. The van der Waals surface area contributed by atoms with E-state index in [1.54, 1.807) is 13.0 Å². The highest BCUT2D eigenvalue weighted by atomic mass is 79.9. The lowest BCUT2D eigenvalue weighted by atomic mass is 10.1. The lowest BCUT2D eigenvalue weighted by Crippen LogP contribution is -2.15. The minimum atomic E-state index is -3.71. The molecule has 1 unspecified atom stereocenters. The Labute approximate surface area is 133 Å². The second-order valence-corrected chi connectivity index (χ2v) is 7.34. The van der Waals surface area contributed by atoms with Crippen LogP contribution in [0.3, 0.4) is 0 Å². The van der Waals surface area contributed by atoms with Crippen LogP contribution in [0.15, 0.2) is 51.8 Å². The van der Waals surface area contributed by atoms with Crippen LogP contribution >= 0.6 is 15.9 Å². The second-order valence-electron chi connectivity index (χ2n) is 4.89. The number of hydrogen-bond donors (Lipinski definition) is 2.